The fourth-order valence-corrected chi connectivity index (χ4v) is 4.20. The molecule has 0 aromatic carbocycles. The summed E-state index contributed by atoms with van der Waals surface area (Å²) in [6.45, 7) is 2.51. The molecule has 0 bridgehead atoms. The molecule has 0 radical (unpaired) electrons. The van der Waals surface area contributed by atoms with Crippen LogP contribution in [0.5, 0.6) is 0 Å². The monoisotopic (exact) mass is 324 g/mol. The van der Waals surface area contributed by atoms with E-state index < -0.39 is 5.97 Å². The molecule has 0 aromatic heterocycles. The van der Waals surface area contributed by atoms with E-state index in [9.17, 15) is 9.59 Å². The van der Waals surface area contributed by atoms with Gasteiger partial charge in [-0.3, -0.25) is 4.79 Å². The summed E-state index contributed by atoms with van der Waals surface area (Å²) in [6, 6.07) is 0.156. The predicted molar refractivity (Wildman–Crippen MR) is 85.2 cm³/mol. The summed E-state index contributed by atoms with van der Waals surface area (Å²) in [5.74, 6) is -0.330. The molecule has 130 valence electrons. The number of carboxylic acid groups (broad SMARTS) is 1. The highest BCUT2D eigenvalue weighted by atomic mass is 16.5. The molecule has 6 heteroatoms. The van der Waals surface area contributed by atoms with Gasteiger partial charge in [-0.25, -0.2) is 4.79 Å². The molecule has 3 fully saturated rings. The number of ether oxygens (including phenoxy) is 1. The Bertz CT molecular complexity index is 420. The number of likely N-dealkylation sites (tertiary alicyclic amines) is 1. The second-order valence-corrected chi connectivity index (χ2v) is 7.21. The van der Waals surface area contributed by atoms with Gasteiger partial charge in [0.1, 0.15) is 0 Å². The Morgan fingerprint density at radius 3 is 2.26 bits per heavy atom. The van der Waals surface area contributed by atoms with E-state index >= 15 is 0 Å². The van der Waals surface area contributed by atoms with Crippen LogP contribution in [0.3, 0.4) is 0 Å². The van der Waals surface area contributed by atoms with Crippen LogP contribution in [0.4, 0.5) is 4.79 Å². The third-order valence-electron chi connectivity index (χ3n) is 5.72. The van der Waals surface area contributed by atoms with Gasteiger partial charge < -0.3 is 20.1 Å². The minimum Gasteiger partial charge on any atom is -0.481 e. The number of carbonyl (C=O) groups excluding carboxylic acids is 1. The van der Waals surface area contributed by atoms with Crippen molar-refractivity contribution in [3.05, 3.63) is 0 Å². The van der Waals surface area contributed by atoms with E-state index in [0.29, 0.717) is 24.9 Å². The number of nitrogens with one attached hydrogen (secondary N) is 1. The molecule has 2 N–H and O–H groups in total. The van der Waals surface area contributed by atoms with Crippen molar-refractivity contribution in [1.82, 2.24) is 10.2 Å². The van der Waals surface area contributed by atoms with Crippen LogP contribution in [0.1, 0.15) is 51.4 Å². The third-order valence-corrected chi connectivity index (χ3v) is 5.72. The lowest BCUT2D eigenvalue weighted by molar-refractivity contribution is -0.142. The molecule has 2 aliphatic heterocycles. The molecule has 1 aliphatic carbocycles. The van der Waals surface area contributed by atoms with Gasteiger partial charge in [0.05, 0.1) is 12.0 Å². The SMILES string of the molecule is O=C(O)C1CCC(NC(=O)N2CCC(C3CCCO3)CC2)CC1. The summed E-state index contributed by atoms with van der Waals surface area (Å²) >= 11 is 0. The predicted octanol–water partition coefficient (Wildman–Crippen LogP) is 2.23. The largest absolute Gasteiger partial charge is 0.481 e. The highest BCUT2D eigenvalue weighted by molar-refractivity contribution is 5.74. The molecular weight excluding hydrogens is 296 g/mol. The van der Waals surface area contributed by atoms with Crippen molar-refractivity contribution in [3.8, 4) is 0 Å². The third kappa shape index (κ3) is 4.16. The topological polar surface area (TPSA) is 78.9 Å². The Balaban J connectivity index is 1.39. The number of amides is 2. The molecule has 2 amide bonds. The lowest BCUT2D eigenvalue weighted by atomic mass is 9.86. The van der Waals surface area contributed by atoms with Gasteiger partial charge in [0.2, 0.25) is 0 Å². The van der Waals surface area contributed by atoms with Crippen molar-refractivity contribution in [3.63, 3.8) is 0 Å². The van der Waals surface area contributed by atoms with Gasteiger partial charge in [-0.05, 0) is 57.3 Å². The van der Waals surface area contributed by atoms with Gasteiger partial charge >= 0.3 is 12.0 Å². The maximum absolute atomic E-state index is 12.4. The lowest BCUT2D eigenvalue weighted by Crippen LogP contribution is -2.49. The Kier molecular flexibility index (Phi) is 5.41. The molecule has 3 rings (SSSR count). The summed E-state index contributed by atoms with van der Waals surface area (Å²) in [5, 5.41) is 12.1. The zero-order valence-corrected chi connectivity index (χ0v) is 13.7. The molecule has 1 unspecified atom stereocenters. The number of hydrogen-bond donors (Lipinski definition) is 2. The van der Waals surface area contributed by atoms with Crippen LogP contribution in [0.15, 0.2) is 0 Å². The van der Waals surface area contributed by atoms with E-state index in [1.165, 1.54) is 12.8 Å². The van der Waals surface area contributed by atoms with E-state index in [1.54, 1.807) is 0 Å². The maximum atomic E-state index is 12.4. The van der Waals surface area contributed by atoms with Gasteiger partial charge in [0, 0.05) is 25.7 Å². The molecule has 3 aliphatic rings. The van der Waals surface area contributed by atoms with Crippen LogP contribution in [0.2, 0.25) is 0 Å². The van der Waals surface area contributed by atoms with E-state index in [0.717, 1.165) is 45.4 Å². The smallest absolute Gasteiger partial charge is 0.317 e. The Labute approximate surface area is 137 Å². The standard InChI is InChI=1S/C17H28N2O4/c20-16(21)13-3-5-14(6-4-13)18-17(22)19-9-7-12(8-10-19)15-2-1-11-23-15/h12-15H,1-11H2,(H,18,22)(H,20,21). The van der Waals surface area contributed by atoms with E-state index in [-0.39, 0.29) is 18.0 Å². The van der Waals surface area contributed by atoms with Crippen molar-refractivity contribution in [2.75, 3.05) is 19.7 Å². The number of piperidine rings is 1. The average molecular weight is 324 g/mol. The number of carboxylic acids is 1. The Hall–Kier alpha value is -1.30. The Morgan fingerprint density at radius 2 is 1.70 bits per heavy atom. The van der Waals surface area contributed by atoms with Gasteiger partial charge in [-0.15, -0.1) is 0 Å². The molecule has 2 heterocycles. The summed E-state index contributed by atoms with van der Waals surface area (Å²) < 4.78 is 5.77. The molecule has 0 spiro atoms. The summed E-state index contributed by atoms with van der Waals surface area (Å²) in [4.78, 5) is 25.3. The van der Waals surface area contributed by atoms with E-state index in [1.807, 2.05) is 4.90 Å². The summed E-state index contributed by atoms with van der Waals surface area (Å²) in [5.41, 5.74) is 0. The zero-order chi connectivity index (χ0) is 16.2. The Morgan fingerprint density at radius 1 is 1.00 bits per heavy atom. The van der Waals surface area contributed by atoms with Crippen LogP contribution >= 0.6 is 0 Å². The van der Waals surface area contributed by atoms with Crippen molar-refractivity contribution in [1.29, 1.82) is 0 Å². The fraction of sp³-hybridized carbons (Fsp3) is 0.882. The quantitative estimate of drug-likeness (QED) is 0.834. The molecule has 23 heavy (non-hydrogen) atoms. The molecule has 6 nitrogen and oxygen atoms in total. The number of aliphatic carboxylic acids is 1. The van der Waals surface area contributed by atoms with Crippen LogP contribution in [-0.4, -0.2) is 53.8 Å². The van der Waals surface area contributed by atoms with E-state index in [4.69, 9.17) is 9.84 Å². The molecule has 1 atom stereocenters. The van der Waals surface area contributed by atoms with Crippen molar-refractivity contribution in [2.24, 2.45) is 11.8 Å². The molecular formula is C17H28N2O4. The number of carbonyl (C=O) groups is 2. The van der Waals surface area contributed by atoms with Gasteiger partial charge in [-0.2, -0.15) is 0 Å². The van der Waals surface area contributed by atoms with Gasteiger partial charge in [0.25, 0.3) is 0 Å². The van der Waals surface area contributed by atoms with Gasteiger partial charge in [0.15, 0.2) is 0 Å². The van der Waals surface area contributed by atoms with Crippen molar-refractivity contribution in [2.45, 2.75) is 63.5 Å². The number of nitrogens with zero attached hydrogens (tertiary/aromatic N) is 1. The van der Waals surface area contributed by atoms with Crippen molar-refractivity contribution >= 4 is 12.0 Å². The first-order valence-electron chi connectivity index (χ1n) is 9.03. The minimum absolute atomic E-state index is 0.0227. The van der Waals surface area contributed by atoms with Crippen LogP contribution in [0, 0.1) is 11.8 Å². The van der Waals surface area contributed by atoms with E-state index in [2.05, 4.69) is 5.32 Å². The lowest BCUT2D eigenvalue weighted by Gasteiger charge is -2.36. The molecule has 2 saturated heterocycles. The van der Waals surface area contributed by atoms with Gasteiger partial charge in [-0.1, -0.05) is 0 Å². The zero-order valence-electron chi connectivity index (χ0n) is 13.7. The summed E-state index contributed by atoms with van der Waals surface area (Å²) in [7, 11) is 0. The minimum atomic E-state index is -0.703. The number of urea groups is 1. The highest BCUT2D eigenvalue weighted by Gasteiger charge is 2.32. The summed E-state index contributed by atoms with van der Waals surface area (Å²) in [6.07, 6.45) is 7.70. The number of rotatable bonds is 3. The average Bonchev–Trinajstić information content (AvgIpc) is 3.10. The van der Waals surface area contributed by atoms with Crippen LogP contribution in [0.25, 0.3) is 0 Å². The highest BCUT2D eigenvalue weighted by Crippen LogP contribution is 2.29. The second-order valence-electron chi connectivity index (χ2n) is 7.21. The van der Waals surface area contributed by atoms with Crippen molar-refractivity contribution < 1.29 is 19.4 Å². The number of hydrogen-bond acceptors (Lipinski definition) is 3. The van der Waals surface area contributed by atoms with Crippen LogP contribution < -0.4 is 5.32 Å². The first-order valence-corrected chi connectivity index (χ1v) is 9.03. The maximum Gasteiger partial charge on any atom is 0.317 e. The molecule has 1 saturated carbocycles. The second kappa shape index (κ2) is 7.51. The van der Waals surface area contributed by atoms with Crippen LogP contribution in [-0.2, 0) is 9.53 Å². The first-order chi connectivity index (χ1) is 11.1. The first kappa shape index (κ1) is 16.6. The molecule has 0 aromatic rings. The normalized spacial score (nSPS) is 32.7. The fourth-order valence-electron chi connectivity index (χ4n) is 4.20.